The lowest BCUT2D eigenvalue weighted by atomic mass is 10.2. The van der Waals surface area contributed by atoms with E-state index in [0.717, 1.165) is 37.3 Å². The number of halogens is 2. The quantitative estimate of drug-likeness (QED) is 0.855. The molecule has 0 amide bonds. The first-order valence-corrected chi connectivity index (χ1v) is 6.84. The molecule has 0 spiro atoms. The summed E-state index contributed by atoms with van der Waals surface area (Å²) in [4.78, 5) is 6.59. The van der Waals surface area contributed by atoms with Crippen molar-refractivity contribution in [2.24, 2.45) is 5.73 Å². The number of nitrogens with two attached hydrogens (primary N) is 1. The molecule has 2 N–H and O–H groups in total. The zero-order valence-electron chi connectivity index (χ0n) is 11.9. The fraction of sp³-hybridized carbons (Fsp3) is 0.312. The molecule has 0 unspecified atom stereocenters. The van der Waals surface area contributed by atoms with Gasteiger partial charge < -0.3 is 5.73 Å². The van der Waals surface area contributed by atoms with Crippen LogP contribution in [-0.4, -0.2) is 29.5 Å². The molecule has 0 atom stereocenters. The Morgan fingerprint density at radius 3 is 2.43 bits per heavy atom. The van der Waals surface area contributed by atoms with Gasteiger partial charge in [-0.3, -0.25) is 9.88 Å². The van der Waals surface area contributed by atoms with Crippen molar-refractivity contribution in [2.45, 2.75) is 13.0 Å². The molecule has 0 aliphatic carbocycles. The highest BCUT2D eigenvalue weighted by Crippen LogP contribution is 2.07. The number of nitrogens with zero attached hydrogens (tertiary/aromatic N) is 2. The minimum Gasteiger partial charge on any atom is -0.329 e. The zero-order chi connectivity index (χ0) is 14.2. The second-order valence-electron chi connectivity index (χ2n) is 4.76. The van der Waals surface area contributed by atoms with E-state index in [1.807, 2.05) is 36.5 Å². The molecule has 0 saturated heterocycles. The molecule has 114 valence electrons. The average molecular weight is 310 g/mol. The third kappa shape index (κ3) is 6.21. The van der Waals surface area contributed by atoms with Crippen LogP contribution in [0.25, 0.3) is 0 Å². The summed E-state index contributed by atoms with van der Waals surface area (Å²) >= 11 is 0. The summed E-state index contributed by atoms with van der Waals surface area (Å²) in [6, 6.07) is 12.6. The van der Waals surface area contributed by atoms with Gasteiger partial charge in [0, 0.05) is 44.5 Å². The van der Waals surface area contributed by atoms with Gasteiger partial charge in [0.1, 0.15) is 5.82 Å². The number of hydrogen-bond acceptors (Lipinski definition) is 3. The van der Waals surface area contributed by atoms with Crippen LogP contribution in [0.5, 0.6) is 0 Å². The molecule has 0 radical (unpaired) electrons. The van der Waals surface area contributed by atoms with Crippen molar-refractivity contribution in [3.05, 3.63) is 65.7 Å². The second-order valence-corrected chi connectivity index (χ2v) is 4.76. The van der Waals surface area contributed by atoms with Crippen LogP contribution in [0.1, 0.15) is 11.3 Å². The molecule has 3 nitrogen and oxygen atoms in total. The summed E-state index contributed by atoms with van der Waals surface area (Å²) in [7, 11) is 0. The smallest absolute Gasteiger partial charge is 0.123 e. The lowest BCUT2D eigenvalue weighted by Gasteiger charge is -2.21. The topological polar surface area (TPSA) is 42.1 Å². The molecular formula is C16H21ClFN3. The van der Waals surface area contributed by atoms with E-state index >= 15 is 0 Å². The highest BCUT2D eigenvalue weighted by Gasteiger charge is 2.06. The van der Waals surface area contributed by atoms with Crippen molar-refractivity contribution in [3.63, 3.8) is 0 Å². The molecular weight excluding hydrogens is 289 g/mol. The Morgan fingerprint density at radius 2 is 1.81 bits per heavy atom. The predicted octanol–water partition coefficient (Wildman–Crippen LogP) is 2.65. The lowest BCUT2D eigenvalue weighted by Crippen LogP contribution is -2.31. The average Bonchev–Trinajstić information content (AvgIpc) is 2.48. The molecule has 0 aliphatic rings. The van der Waals surface area contributed by atoms with E-state index < -0.39 is 0 Å². The fourth-order valence-electron chi connectivity index (χ4n) is 2.12. The molecule has 0 fully saturated rings. The van der Waals surface area contributed by atoms with E-state index in [1.54, 1.807) is 0 Å². The Balaban J connectivity index is 0.00000220. The Labute approximate surface area is 131 Å². The number of benzene rings is 1. The Hall–Kier alpha value is -1.49. The molecule has 0 aliphatic heterocycles. The first-order valence-electron chi connectivity index (χ1n) is 6.84. The Kier molecular flexibility index (Phi) is 7.90. The van der Waals surface area contributed by atoms with Crippen LogP contribution in [0.15, 0.2) is 48.7 Å². The van der Waals surface area contributed by atoms with Crippen LogP contribution in [-0.2, 0) is 13.0 Å². The minimum absolute atomic E-state index is 0. The zero-order valence-corrected chi connectivity index (χ0v) is 12.7. The number of hydrogen-bond donors (Lipinski definition) is 1. The predicted molar refractivity (Wildman–Crippen MR) is 85.9 cm³/mol. The van der Waals surface area contributed by atoms with E-state index in [2.05, 4.69) is 9.88 Å². The summed E-state index contributed by atoms with van der Waals surface area (Å²) in [5, 5.41) is 0. The maximum absolute atomic E-state index is 12.9. The maximum Gasteiger partial charge on any atom is 0.123 e. The van der Waals surface area contributed by atoms with Crippen molar-refractivity contribution in [1.82, 2.24) is 9.88 Å². The lowest BCUT2D eigenvalue weighted by molar-refractivity contribution is 0.275. The van der Waals surface area contributed by atoms with Gasteiger partial charge in [0.05, 0.1) is 0 Å². The number of rotatable bonds is 7. The number of aromatic nitrogens is 1. The SMILES string of the molecule is Cl.NCCN(CCc1ccccn1)Cc1ccc(F)cc1. The van der Waals surface area contributed by atoms with Crippen LogP contribution in [0, 0.1) is 5.82 Å². The summed E-state index contributed by atoms with van der Waals surface area (Å²) < 4.78 is 12.9. The van der Waals surface area contributed by atoms with Gasteiger partial charge in [-0.2, -0.15) is 0 Å². The molecule has 2 rings (SSSR count). The maximum atomic E-state index is 12.9. The minimum atomic E-state index is -0.201. The van der Waals surface area contributed by atoms with Gasteiger partial charge in [-0.15, -0.1) is 12.4 Å². The number of pyridine rings is 1. The van der Waals surface area contributed by atoms with Crippen LogP contribution >= 0.6 is 12.4 Å². The molecule has 1 heterocycles. The van der Waals surface area contributed by atoms with Crippen LogP contribution in [0.2, 0.25) is 0 Å². The van der Waals surface area contributed by atoms with Gasteiger partial charge >= 0.3 is 0 Å². The monoisotopic (exact) mass is 309 g/mol. The third-order valence-electron chi connectivity index (χ3n) is 3.18. The normalized spacial score (nSPS) is 10.4. The van der Waals surface area contributed by atoms with Crippen molar-refractivity contribution in [2.75, 3.05) is 19.6 Å². The highest BCUT2D eigenvalue weighted by molar-refractivity contribution is 5.85. The van der Waals surface area contributed by atoms with Crippen molar-refractivity contribution >= 4 is 12.4 Å². The summed E-state index contributed by atoms with van der Waals surface area (Å²) in [5.74, 6) is -0.201. The Morgan fingerprint density at radius 1 is 1.05 bits per heavy atom. The highest BCUT2D eigenvalue weighted by atomic mass is 35.5. The third-order valence-corrected chi connectivity index (χ3v) is 3.18. The van der Waals surface area contributed by atoms with Crippen molar-refractivity contribution < 1.29 is 4.39 Å². The molecule has 0 saturated carbocycles. The first-order chi connectivity index (χ1) is 9.78. The van der Waals surface area contributed by atoms with Crippen molar-refractivity contribution in [3.8, 4) is 0 Å². The van der Waals surface area contributed by atoms with E-state index in [0.29, 0.717) is 6.54 Å². The largest absolute Gasteiger partial charge is 0.329 e. The van der Waals surface area contributed by atoms with Gasteiger partial charge in [-0.1, -0.05) is 18.2 Å². The molecule has 1 aromatic carbocycles. The summed E-state index contributed by atoms with van der Waals surface area (Å²) in [6.07, 6.45) is 2.70. The van der Waals surface area contributed by atoms with Crippen LogP contribution < -0.4 is 5.73 Å². The summed E-state index contributed by atoms with van der Waals surface area (Å²) in [5.41, 5.74) is 7.83. The van der Waals surface area contributed by atoms with E-state index in [1.165, 1.54) is 12.1 Å². The van der Waals surface area contributed by atoms with E-state index in [4.69, 9.17) is 5.73 Å². The van der Waals surface area contributed by atoms with Gasteiger partial charge in [-0.05, 0) is 29.8 Å². The molecule has 1 aromatic heterocycles. The van der Waals surface area contributed by atoms with Crippen molar-refractivity contribution in [1.29, 1.82) is 0 Å². The molecule has 21 heavy (non-hydrogen) atoms. The van der Waals surface area contributed by atoms with Crippen LogP contribution in [0.3, 0.4) is 0 Å². The standard InChI is InChI=1S/C16H20FN3.ClH/c17-15-6-4-14(5-7-15)13-20(12-9-18)11-8-16-3-1-2-10-19-16;/h1-7,10H,8-9,11-13,18H2;1H. The van der Waals surface area contributed by atoms with E-state index in [9.17, 15) is 4.39 Å². The van der Waals surface area contributed by atoms with Gasteiger partial charge in [-0.25, -0.2) is 4.39 Å². The molecule has 0 bridgehead atoms. The summed E-state index contributed by atoms with van der Waals surface area (Å²) in [6.45, 7) is 3.11. The Bertz CT molecular complexity index is 505. The van der Waals surface area contributed by atoms with Gasteiger partial charge in [0.25, 0.3) is 0 Å². The molecule has 2 aromatic rings. The first kappa shape index (κ1) is 17.6. The molecule has 5 heteroatoms. The van der Waals surface area contributed by atoms with Gasteiger partial charge in [0.2, 0.25) is 0 Å². The fourth-order valence-corrected chi connectivity index (χ4v) is 2.12. The van der Waals surface area contributed by atoms with E-state index in [-0.39, 0.29) is 18.2 Å². The van der Waals surface area contributed by atoms with Gasteiger partial charge in [0.15, 0.2) is 0 Å². The van der Waals surface area contributed by atoms with Crippen LogP contribution in [0.4, 0.5) is 4.39 Å². The second kappa shape index (κ2) is 9.45.